The molecular weight excluding hydrogens is 276 g/mol. The minimum absolute atomic E-state index is 0.0406. The maximum absolute atomic E-state index is 12.6. The van der Waals surface area contributed by atoms with Gasteiger partial charge in [0.25, 0.3) is 0 Å². The fourth-order valence-corrected chi connectivity index (χ4v) is 2.79. The van der Waals surface area contributed by atoms with Gasteiger partial charge in [0.2, 0.25) is 5.91 Å². The molecule has 1 aliphatic heterocycles. The van der Waals surface area contributed by atoms with Gasteiger partial charge in [-0.2, -0.15) is 0 Å². The summed E-state index contributed by atoms with van der Waals surface area (Å²) in [7, 11) is 0. The van der Waals surface area contributed by atoms with Gasteiger partial charge in [0.05, 0.1) is 12.0 Å². The first-order chi connectivity index (χ1) is 10.8. The van der Waals surface area contributed by atoms with Crippen molar-refractivity contribution in [2.45, 2.75) is 25.3 Å². The van der Waals surface area contributed by atoms with Crippen molar-refractivity contribution in [3.05, 3.63) is 54.5 Å². The van der Waals surface area contributed by atoms with Gasteiger partial charge in [-0.15, -0.1) is 0 Å². The van der Waals surface area contributed by atoms with Crippen molar-refractivity contribution < 1.29 is 4.79 Å². The lowest BCUT2D eigenvalue weighted by Crippen LogP contribution is -2.58. The molecule has 1 fully saturated rings. The van der Waals surface area contributed by atoms with Gasteiger partial charge in [-0.1, -0.05) is 37.3 Å². The normalized spacial score (nSPS) is 16.0. The van der Waals surface area contributed by atoms with Crippen molar-refractivity contribution in [3.8, 4) is 0 Å². The second-order valence-electron chi connectivity index (χ2n) is 5.55. The standard InChI is InChI=1S/C17H20N4O/c1-2-15(13-6-4-3-5-7-13)17(22)21-10-14(11-21)20-16-8-9-18-12-19-16/h3-9,12,14-15H,2,10-11H2,1H3,(H,18,19,20)/t15-/m1/s1. The van der Waals surface area contributed by atoms with Crippen LogP contribution in [0.3, 0.4) is 0 Å². The number of anilines is 1. The molecule has 114 valence electrons. The number of nitrogens with zero attached hydrogens (tertiary/aromatic N) is 3. The molecule has 0 saturated carbocycles. The molecule has 1 aromatic heterocycles. The van der Waals surface area contributed by atoms with Gasteiger partial charge in [0.15, 0.2) is 0 Å². The maximum atomic E-state index is 12.6. The van der Waals surface area contributed by atoms with Gasteiger partial charge >= 0.3 is 0 Å². The Bertz CT molecular complexity index is 611. The van der Waals surface area contributed by atoms with Gasteiger partial charge in [0.1, 0.15) is 12.1 Å². The third-order valence-electron chi connectivity index (χ3n) is 4.04. The molecule has 5 heteroatoms. The number of hydrogen-bond acceptors (Lipinski definition) is 4. The molecule has 1 N–H and O–H groups in total. The number of hydrogen-bond donors (Lipinski definition) is 1. The molecule has 0 aliphatic carbocycles. The minimum Gasteiger partial charge on any atom is -0.364 e. The highest BCUT2D eigenvalue weighted by Crippen LogP contribution is 2.25. The summed E-state index contributed by atoms with van der Waals surface area (Å²) < 4.78 is 0. The van der Waals surface area contributed by atoms with Gasteiger partial charge in [-0.25, -0.2) is 9.97 Å². The predicted octanol–water partition coefficient (Wildman–Crippen LogP) is 2.29. The van der Waals surface area contributed by atoms with Crippen molar-refractivity contribution in [1.29, 1.82) is 0 Å². The van der Waals surface area contributed by atoms with Crippen LogP contribution in [0.2, 0.25) is 0 Å². The molecule has 3 rings (SSSR count). The lowest BCUT2D eigenvalue weighted by atomic mass is 9.93. The Morgan fingerprint density at radius 3 is 2.73 bits per heavy atom. The first-order valence-electron chi connectivity index (χ1n) is 7.64. The second-order valence-corrected chi connectivity index (χ2v) is 5.55. The largest absolute Gasteiger partial charge is 0.364 e. The fourth-order valence-electron chi connectivity index (χ4n) is 2.79. The summed E-state index contributed by atoms with van der Waals surface area (Å²) in [5, 5.41) is 3.31. The number of aromatic nitrogens is 2. The number of amides is 1. The summed E-state index contributed by atoms with van der Waals surface area (Å²) >= 11 is 0. The summed E-state index contributed by atoms with van der Waals surface area (Å²) in [6.45, 7) is 3.52. The first kappa shape index (κ1) is 14.5. The van der Waals surface area contributed by atoms with Crippen LogP contribution in [-0.4, -0.2) is 39.9 Å². The van der Waals surface area contributed by atoms with Crippen LogP contribution in [0.25, 0.3) is 0 Å². The van der Waals surface area contributed by atoms with Crippen LogP contribution in [-0.2, 0) is 4.79 Å². The highest BCUT2D eigenvalue weighted by molar-refractivity contribution is 5.84. The van der Waals surface area contributed by atoms with Gasteiger partial charge in [-0.05, 0) is 18.1 Å². The van der Waals surface area contributed by atoms with Crippen LogP contribution < -0.4 is 5.32 Å². The number of rotatable bonds is 5. The Morgan fingerprint density at radius 2 is 2.09 bits per heavy atom. The van der Waals surface area contributed by atoms with E-state index in [9.17, 15) is 4.79 Å². The molecule has 0 unspecified atom stereocenters. The SMILES string of the molecule is CC[C@@H](C(=O)N1CC(Nc2ccncn2)C1)c1ccccc1. The van der Waals surface area contributed by atoms with E-state index in [1.807, 2.05) is 41.3 Å². The van der Waals surface area contributed by atoms with E-state index in [2.05, 4.69) is 22.2 Å². The molecule has 1 amide bonds. The van der Waals surface area contributed by atoms with Crippen molar-refractivity contribution in [1.82, 2.24) is 14.9 Å². The Hall–Kier alpha value is -2.43. The van der Waals surface area contributed by atoms with Crippen molar-refractivity contribution >= 4 is 11.7 Å². The summed E-state index contributed by atoms with van der Waals surface area (Å²) in [6.07, 6.45) is 4.05. The third kappa shape index (κ3) is 3.08. The number of nitrogens with one attached hydrogen (secondary N) is 1. The molecule has 1 aliphatic rings. The van der Waals surface area contributed by atoms with E-state index in [0.717, 1.165) is 30.9 Å². The van der Waals surface area contributed by atoms with E-state index in [4.69, 9.17) is 0 Å². The Kier molecular flexibility index (Phi) is 4.32. The second kappa shape index (κ2) is 6.56. The van der Waals surface area contributed by atoms with E-state index in [1.165, 1.54) is 6.33 Å². The molecule has 0 radical (unpaired) electrons. The highest BCUT2D eigenvalue weighted by Gasteiger charge is 2.34. The molecule has 22 heavy (non-hydrogen) atoms. The molecular formula is C17H20N4O. The predicted molar refractivity (Wildman–Crippen MR) is 85.5 cm³/mol. The number of benzene rings is 1. The van der Waals surface area contributed by atoms with Crippen LogP contribution in [0.1, 0.15) is 24.8 Å². The number of carbonyl (C=O) groups excluding carboxylic acids is 1. The third-order valence-corrected chi connectivity index (χ3v) is 4.04. The average Bonchev–Trinajstić information content (AvgIpc) is 2.53. The van der Waals surface area contributed by atoms with E-state index < -0.39 is 0 Å². The molecule has 1 atom stereocenters. The lowest BCUT2D eigenvalue weighted by Gasteiger charge is -2.41. The summed E-state index contributed by atoms with van der Waals surface area (Å²) in [6, 6.07) is 12.1. The molecule has 0 spiro atoms. The molecule has 1 aromatic carbocycles. The van der Waals surface area contributed by atoms with Crippen LogP contribution >= 0.6 is 0 Å². The van der Waals surface area contributed by atoms with Crippen LogP contribution in [0.4, 0.5) is 5.82 Å². The zero-order chi connectivity index (χ0) is 15.4. The zero-order valence-electron chi connectivity index (χ0n) is 12.6. The molecule has 2 aromatic rings. The zero-order valence-corrected chi connectivity index (χ0v) is 12.6. The molecule has 5 nitrogen and oxygen atoms in total. The minimum atomic E-state index is -0.0406. The van der Waals surface area contributed by atoms with Crippen LogP contribution in [0.15, 0.2) is 48.9 Å². The van der Waals surface area contributed by atoms with E-state index in [-0.39, 0.29) is 17.9 Å². The molecule has 2 heterocycles. The van der Waals surface area contributed by atoms with E-state index >= 15 is 0 Å². The molecule has 0 bridgehead atoms. The summed E-state index contributed by atoms with van der Waals surface area (Å²) in [5.41, 5.74) is 1.10. The molecule has 1 saturated heterocycles. The van der Waals surface area contributed by atoms with Crippen LogP contribution in [0.5, 0.6) is 0 Å². The number of carbonyl (C=O) groups is 1. The smallest absolute Gasteiger partial charge is 0.230 e. The lowest BCUT2D eigenvalue weighted by molar-refractivity contribution is -0.136. The highest BCUT2D eigenvalue weighted by atomic mass is 16.2. The summed E-state index contributed by atoms with van der Waals surface area (Å²) in [4.78, 5) is 22.6. The quantitative estimate of drug-likeness (QED) is 0.919. The van der Waals surface area contributed by atoms with E-state index in [1.54, 1.807) is 6.20 Å². The van der Waals surface area contributed by atoms with Gasteiger partial charge < -0.3 is 10.2 Å². The van der Waals surface area contributed by atoms with Gasteiger partial charge in [0, 0.05) is 19.3 Å². The Labute approximate surface area is 130 Å². The Morgan fingerprint density at radius 1 is 1.32 bits per heavy atom. The van der Waals surface area contributed by atoms with E-state index in [0.29, 0.717) is 0 Å². The van der Waals surface area contributed by atoms with Crippen molar-refractivity contribution in [2.24, 2.45) is 0 Å². The van der Waals surface area contributed by atoms with Crippen LogP contribution in [0, 0.1) is 0 Å². The topological polar surface area (TPSA) is 58.1 Å². The van der Waals surface area contributed by atoms with Crippen molar-refractivity contribution in [3.63, 3.8) is 0 Å². The summed E-state index contributed by atoms with van der Waals surface area (Å²) in [5.74, 6) is 0.984. The van der Waals surface area contributed by atoms with Crippen molar-refractivity contribution in [2.75, 3.05) is 18.4 Å². The maximum Gasteiger partial charge on any atom is 0.230 e. The average molecular weight is 296 g/mol. The number of likely N-dealkylation sites (tertiary alicyclic amines) is 1. The first-order valence-corrected chi connectivity index (χ1v) is 7.64. The monoisotopic (exact) mass is 296 g/mol. The van der Waals surface area contributed by atoms with Gasteiger partial charge in [-0.3, -0.25) is 4.79 Å². The Balaban J connectivity index is 1.56. The fraction of sp³-hybridized carbons (Fsp3) is 0.353.